The third-order valence-corrected chi connectivity index (χ3v) is 4.94. The summed E-state index contributed by atoms with van der Waals surface area (Å²) in [6.07, 6.45) is 2.60. The van der Waals surface area contributed by atoms with Gasteiger partial charge in [-0.2, -0.15) is 5.26 Å². The molecule has 24 heavy (non-hydrogen) atoms. The molecule has 128 valence electrons. The molecule has 2 N–H and O–H groups in total. The molecular formula is C18H24N4O2. The van der Waals surface area contributed by atoms with E-state index in [0.717, 1.165) is 55.8 Å². The van der Waals surface area contributed by atoms with Crippen LogP contribution in [-0.4, -0.2) is 41.2 Å². The maximum Gasteiger partial charge on any atom is 0.249 e. The van der Waals surface area contributed by atoms with Crippen LogP contribution in [-0.2, 0) is 4.79 Å². The molecule has 0 spiro atoms. The van der Waals surface area contributed by atoms with Gasteiger partial charge in [0.15, 0.2) is 0 Å². The Morgan fingerprint density at radius 1 is 1.38 bits per heavy atom. The summed E-state index contributed by atoms with van der Waals surface area (Å²) in [5.74, 6) is -0.251. The second-order valence-corrected chi connectivity index (χ2v) is 6.91. The first-order valence-corrected chi connectivity index (χ1v) is 8.61. The van der Waals surface area contributed by atoms with Gasteiger partial charge >= 0.3 is 0 Å². The normalized spacial score (nSPS) is 19.7. The van der Waals surface area contributed by atoms with E-state index >= 15 is 0 Å². The number of piperidine rings is 1. The summed E-state index contributed by atoms with van der Waals surface area (Å²) < 4.78 is 0. The van der Waals surface area contributed by atoms with E-state index in [2.05, 4.69) is 21.3 Å². The Bertz CT molecular complexity index is 670. The number of nitrogens with zero attached hydrogens (tertiary/aromatic N) is 3. The summed E-state index contributed by atoms with van der Waals surface area (Å²) in [4.78, 5) is 18.5. The van der Waals surface area contributed by atoms with Crippen molar-refractivity contribution in [2.45, 2.75) is 51.7 Å². The average molecular weight is 328 g/mol. The molecule has 1 amide bonds. The number of pyridine rings is 1. The second kappa shape index (κ2) is 6.78. The molecule has 1 atom stereocenters. The van der Waals surface area contributed by atoms with Crippen LogP contribution in [0.3, 0.4) is 0 Å². The molecule has 2 aliphatic rings. The fraction of sp³-hybridized carbons (Fsp3) is 0.611. The highest BCUT2D eigenvalue weighted by atomic mass is 16.3. The fourth-order valence-corrected chi connectivity index (χ4v) is 3.38. The summed E-state index contributed by atoms with van der Waals surface area (Å²) in [5.41, 5.74) is 3.18. The predicted molar refractivity (Wildman–Crippen MR) is 90.5 cm³/mol. The third-order valence-electron chi connectivity index (χ3n) is 4.94. The second-order valence-electron chi connectivity index (χ2n) is 6.91. The molecule has 1 aromatic rings. The van der Waals surface area contributed by atoms with Crippen LogP contribution in [0.4, 0.5) is 5.69 Å². The van der Waals surface area contributed by atoms with E-state index in [1.807, 2.05) is 19.9 Å². The van der Waals surface area contributed by atoms with Crippen molar-refractivity contribution in [3.63, 3.8) is 0 Å². The molecule has 6 heteroatoms. The topological polar surface area (TPSA) is 89.2 Å². The Morgan fingerprint density at radius 2 is 2.04 bits per heavy atom. The Labute approximate surface area is 142 Å². The zero-order chi connectivity index (χ0) is 17.3. The number of aliphatic hydroxyl groups excluding tert-OH is 1. The van der Waals surface area contributed by atoms with E-state index < -0.39 is 6.10 Å². The molecule has 1 saturated carbocycles. The number of carbonyl (C=O) groups excluding carboxylic acids is 1. The molecule has 0 bridgehead atoms. The quantitative estimate of drug-likeness (QED) is 0.873. The van der Waals surface area contributed by atoms with Crippen LogP contribution in [0, 0.1) is 31.1 Å². The Morgan fingerprint density at radius 3 is 2.62 bits per heavy atom. The number of rotatable bonds is 4. The fourth-order valence-electron chi connectivity index (χ4n) is 3.38. The summed E-state index contributed by atoms with van der Waals surface area (Å²) >= 11 is 0. The highest BCUT2D eigenvalue weighted by Gasteiger charge is 2.33. The lowest BCUT2D eigenvalue weighted by molar-refractivity contribution is -0.132. The third kappa shape index (κ3) is 3.51. The summed E-state index contributed by atoms with van der Waals surface area (Å²) in [6.45, 7) is 5.25. The number of aliphatic hydroxyl groups is 1. The van der Waals surface area contributed by atoms with Crippen molar-refractivity contribution in [2.75, 3.05) is 18.0 Å². The molecule has 1 aromatic heterocycles. The van der Waals surface area contributed by atoms with Crippen molar-refractivity contribution in [2.24, 2.45) is 5.92 Å². The van der Waals surface area contributed by atoms with Crippen molar-refractivity contribution in [1.29, 1.82) is 5.26 Å². The number of amides is 1. The van der Waals surface area contributed by atoms with E-state index in [1.54, 1.807) is 0 Å². The van der Waals surface area contributed by atoms with Crippen LogP contribution < -0.4 is 10.2 Å². The van der Waals surface area contributed by atoms with Gasteiger partial charge < -0.3 is 15.3 Å². The zero-order valence-corrected chi connectivity index (χ0v) is 14.2. The first-order valence-electron chi connectivity index (χ1n) is 8.61. The number of aromatic nitrogens is 1. The molecule has 0 radical (unpaired) electrons. The van der Waals surface area contributed by atoms with E-state index in [4.69, 9.17) is 0 Å². The van der Waals surface area contributed by atoms with Crippen LogP contribution in [0.15, 0.2) is 6.07 Å². The van der Waals surface area contributed by atoms with Crippen molar-refractivity contribution in [3.05, 3.63) is 23.0 Å². The average Bonchev–Trinajstić information content (AvgIpc) is 3.37. The van der Waals surface area contributed by atoms with Gasteiger partial charge in [0.1, 0.15) is 12.2 Å². The lowest BCUT2D eigenvalue weighted by Gasteiger charge is -2.35. The molecule has 0 unspecified atom stereocenters. The molecule has 1 aliphatic heterocycles. The molecular weight excluding hydrogens is 304 g/mol. The molecule has 2 fully saturated rings. The van der Waals surface area contributed by atoms with Gasteiger partial charge in [0.25, 0.3) is 0 Å². The molecule has 6 nitrogen and oxygen atoms in total. The monoisotopic (exact) mass is 328 g/mol. The number of anilines is 1. The minimum atomic E-state index is -0.927. The van der Waals surface area contributed by atoms with E-state index in [-0.39, 0.29) is 17.9 Å². The van der Waals surface area contributed by atoms with Gasteiger partial charge in [0.2, 0.25) is 5.91 Å². The maximum atomic E-state index is 12.0. The standard InChI is InChI=1S/C18H24N4O2/c1-11-9-16(15(10-19)12(2)20-11)22-7-5-13(6-8-22)17(23)18(24)21-14-3-4-14/h9,13-14,17,23H,3-8H2,1-2H3,(H,21,24)/t17-/m0/s1. The van der Waals surface area contributed by atoms with Crippen molar-refractivity contribution < 1.29 is 9.90 Å². The van der Waals surface area contributed by atoms with Crippen LogP contribution in [0.2, 0.25) is 0 Å². The van der Waals surface area contributed by atoms with E-state index in [1.165, 1.54) is 0 Å². The largest absolute Gasteiger partial charge is 0.383 e. The van der Waals surface area contributed by atoms with Crippen LogP contribution in [0.5, 0.6) is 0 Å². The molecule has 2 heterocycles. The lowest BCUT2D eigenvalue weighted by Crippen LogP contribution is -2.45. The summed E-state index contributed by atoms with van der Waals surface area (Å²) in [6, 6.07) is 4.47. The predicted octanol–water partition coefficient (Wildman–Crippen LogP) is 1.43. The summed E-state index contributed by atoms with van der Waals surface area (Å²) in [5, 5.41) is 22.6. The van der Waals surface area contributed by atoms with Crippen molar-refractivity contribution in [3.8, 4) is 6.07 Å². The van der Waals surface area contributed by atoms with Crippen molar-refractivity contribution in [1.82, 2.24) is 10.3 Å². The van der Waals surface area contributed by atoms with Crippen LogP contribution in [0.25, 0.3) is 0 Å². The summed E-state index contributed by atoms with van der Waals surface area (Å²) in [7, 11) is 0. The number of aryl methyl sites for hydroxylation is 2. The van der Waals surface area contributed by atoms with Gasteiger partial charge in [-0.25, -0.2) is 0 Å². The Balaban J connectivity index is 1.65. The number of hydrogen-bond donors (Lipinski definition) is 2. The number of carbonyl (C=O) groups is 1. The number of hydrogen-bond acceptors (Lipinski definition) is 5. The minimum Gasteiger partial charge on any atom is -0.383 e. The van der Waals surface area contributed by atoms with Gasteiger partial charge in [0, 0.05) is 24.8 Å². The van der Waals surface area contributed by atoms with E-state index in [9.17, 15) is 15.2 Å². The Hall–Kier alpha value is -2.13. The molecule has 0 aromatic carbocycles. The Kier molecular flexibility index (Phi) is 4.72. The van der Waals surface area contributed by atoms with Crippen molar-refractivity contribution >= 4 is 11.6 Å². The highest BCUT2D eigenvalue weighted by Crippen LogP contribution is 2.29. The SMILES string of the molecule is Cc1cc(N2CCC([C@H](O)C(=O)NC3CC3)CC2)c(C#N)c(C)n1. The van der Waals surface area contributed by atoms with Gasteiger partial charge in [-0.1, -0.05) is 0 Å². The molecule has 1 saturated heterocycles. The van der Waals surface area contributed by atoms with Gasteiger partial charge in [0.05, 0.1) is 16.9 Å². The van der Waals surface area contributed by atoms with E-state index in [0.29, 0.717) is 5.56 Å². The van der Waals surface area contributed by atoms with Gasteiger partial charge in [-0.15, -0.1) is 0 Å². The van der Waals surface area contributed by atoms with Gasteiger partial charge in [-0.05, 0) is 51.5 Å². The van der Waals surface area contributed by atoms with Crippen LogP contribution >= 0.6 is 0 Å². The van der Waals surface area contributed by atoms with Crippen LogP contribution in [0.1, 0.15) is 42.6 Å². The first kappa shape index (κ1) is 16.7. The number of nitrogens with one attached hydrogen (secondary N) is 1. The van der Waals surface area contributed by atoms with Gasteiger partial charge in [-0.3, -0.25) is 9.78 Å². The maximum absolute atomic E-state index is 12.0. The number of nitriles is 1. The minimum absolute atomic E-state index is 0.0189. The smallest absolute Gasteiger partial charge is 0.249 e. The lowest BCUT2D eigenvalue weighted by atomic mass is 9.90. The molecule has 1 aliphatic carbocycles. The highest BCUT2D eigenvalue weighted by molar-refractivity contribution is 5.81. The molecule has 3 rings (SSSR count). The first-order chi connectivity index (χ1) is 11.5. The zero-order valence-electron chi connectivity index (χ0n) is 14.2.